The van der Waals surface area contributed by atoms with E-state index in [-0.39, 0.29) is 0 Å². The van der Waals surface area contributed by atoms with Gasteiger partial charge in [0.1, 0.15) is 0 Å². The minimum atomic E-state index is 0.580. The zero-order valence-electron chi connectivity index (χ0n) is 10.1. The molecular weight excluding hydrogens is 180 g/mol. The summed E-state index contributed by atoms with van der Waals surface area (Å²) < 4.78 is 0. The number of rotatable bonds is 3. The summed E-state index contributed by atoms with van der Waals surface area (Å²) in [4.78, 5) is 0. The highest BCUT2D eigenvalue weighted by Gasteiger charge is 1.99. The Labute approximate surface area is 93.3 Å². The average molecular weight is 200 g/mol. The van der Waals surface area contributed by atoms with Gasteiger partial charge in [-0.1, -0.05) is 61.9 Å². The van der Waals surface area contributed by atoms with Crippen LogP contribution in [0.1, 0.15) is 31.9 Å². The van der Waals surface area contributed by atoms with Gasteiger partial charge >= 0.3 is 0 Å². The van der Waals surface area contributed by atoms with Gasteiger partial charge in [-0.15, -0.1) is 0 Å². The van der Waals surface area contributed by atoms with Crippen molar-refractivity contribution in [3.63, 3.8) is 0 Å². The zero-order valence-corrected chi connectivity index (χ0v) is 10.1. The molecule has 0 heterocycles. The highest BCUT2D eigenvalue weighted by Crippen LogP contribution is 2.19. The first kappa shape index (κ1) is 11.8. The van der Waals surface area contributed by atoms with Crippen molar-refractivity contribution in [2.24, 2.45) is 5.92 Å². The fraction of sp³-hybridized carbons (Fsp3) is 0.333. The third-order valence-corrected chi connectivity index (χ3v) is 2.21. The standard InChI is InChI=1S/C15H20/c1-5-7-14(10-12(2)3)15-9-6-8-13(4)11-15/h5-12H,1-4H3/b7-5-,14-10+. The summed E-state index contributed by atoms with van der Waals surface area (Å²) in [6.07, 6.45) is 6.57. The van der Waals surface area contributed by atoms with Crippen LogP contribution in [0.5, 0.6) is 0 Å². The minimum Gasteiger partial charge on any atom is -0.0871 e. The summed E-state index contributed by atoms with van der Waals surface area (Å²) in [5, 5.41) is 0. The van der Waals surface area contributed by atoms with Gasteiger partial charge in [0, 0.05) is 0 Å². The SMILES string of the molecule is C/C=C\C(=C/C(C)C)c1cccc(C)c1. The number of aryl methyl sites for hydroxylation is 1. The molecular formula is C15H20. The van der Waals surface area contributed by atoms with Crippen molar-refractivity contribution in [3.8, 4) is 0 Å². The number of hydrogen-bond acceptors (Lipinski definition) is 0. The van der Waals surface area contributed by atoms with E-state index in [1.165, 1.54) is 16.7 Å². The molecule has 0 fully saturated rings. The van der Waals surface area contributed by atoms with Crippen LogP contribution in [-0.4, -0.2) is 0 Å². The number of hydrogen-bond donors (Lipinski definition) is 0. The second kappa shape index (κ2) is 5.55. The molecule has 0 bridgehead atoms. The van der Waals surface area contributed by atoms with Crippen LogP contribution in [0.4, 0.5) is 0 Å². The molecule has 1 aromatic carbocycles. The van der Waals surface area contributed by atoms with Crippen LogP contribution in [0.15, 0.2) is 42.5 Å². The van der Waals surface area contributed by atoms with Crippen LogP contribution in [0.2, 0.25) is 0 Å². The Hall–Kier alpha value is -1.30. The van der Waals surface area contributed by atoms with Gasteiger partial charge in [0.15, 0.2) is 0 Å². The molecule has 0 nitrogen and oxygen atoms in total. The van der Waals surface area contributed by atoms with Crippen molar-refractivity contribution in [1.29, 1.82) is 0 Å². The molecule has 1 rings (SSSR count). The molecule has 0 aliphatic heterocycles. The maximum atomic E-state index is 2.30. The van der Waals surface area contributed by atoms with Crippen LogP contribution in [0, 0.1) is 12.8 Å². The van der Waals surface area contributed by atoms with Gasteiger partial charge < -0.3 is 0 Å². The molecule has 0 aliphatic rings. The van der Waals surface area contributed by atoms with Gasteiger partial charge in [0.25, 0.3) is 0 Å². The Kier molecular flexibility index (Phi) is 4.36. The van der Waals surface area contributed by atoms with Gasteiger partial charge in [0.05, 0.1) is 0 Å². The normalized spacial score (nSPS) is 12.7. The predicted molar refractivity (Wildman–Crippen MR) is 68.8 cm³/mol. The maximum absolute atomic E-state index is 2.30. The van der Waals surface area contributed by atoms with Crippen molar-refractivity contribution in [2.45, 2.75) is 27.7 Å². The largest absolute Gasteiger partial charge is 0.0871 e. The summed E-state index contributed by atoms with van der Waals surface area (Å²) in [5.74, 6) is 0.580. The lowest BCUT2D eigenvalue weighted by Gasteiger charge is -2.06. The summed E-state index contributed by atoms with van der Waals surface area (Å²) >= 11 is 0. The molecule has 0 aliphatic carbocycles. The van der Waals surface area contributed by atoms with Crippen LogP contribution in [0.25, 0.3) is 5.57 Å². The summed E-state index contributed by atoms with van der Waals surface area (Å²) in [5.41, 5.74) is 3.93. The summed E-state index contributed by atoms with van der Waals surface area (Å²) in [6.45, 7) is 8.61. The lowest BCUT2D eigenvalue weighted by Crippen LogP contribution is -1.86. The van der Waals surface area contributed by atoms with Gasteiger partial charge in [-0.2, -0.15) is 0 Å². The first-order chi connectivity index (χ1) is 7.13. The van der Waals surface area contributed by atoms with E-state index in [2.05, 4.69) is 70.2 Å². The molecule has 80 valence electrons. The third-order valence-electron chi connectivity index (χ3n) is 2.21. The van der Waals surface area contributed by atoms with E-state index in [0.29, 0.717) is 5.92 Å². The second-order valence-corrected chi connectivity index (χ2v) is 4.24. The molecule has 1 aromatic rings. The van der Waals surface area contributed by atoms with Crippen molar-refractivity contribution in [3.05, 3.63) is 53.6 Å². The predicted octanol–water partition coefficient (Wildman–Crippen LogP) is 4.61. The van der Waals surface area contributed by atoms with E-state index in [1.807, 2.05) is 0 Å². The Morgan fingerprint density at radius 1 is 1.27 bits per heavy atom. The van der Waals surface area contributed by atoms with Crippen LogP contribution in [-0.2, 0) is 0 Å². The van der Waals surface area contributed by atoms with Crippen LogP contribution >= 0.6 is 0 Å². The number of benzene rings is 1. The highest BCUT2D eigenvalue weighted by atomic mass is 14.0. The molecule has 0 spiro atoms. The van der Waals surface area contributed by atoms with E-state index >= 15 is 0 Å². The van der Waals surface area contributed by atoms with Crippen molar-refractivity contribution in [2.75, 3.05) is 0 Å². The molecule has 0 aromatic heterocycles. The van der Waals surface area contributed by atoms with Crippen molar-refractivity contribution in [1.82, 2.24) is 0 Å². The number of allylic oxidation sites excluding steroid dienone is 4. The van der Waals surface area contributed by atoms with E-state index in [9.17, 15) is 0 Å². The molecule has 0 heteroatoms. The summed E-state index contributed by atoms with van der Waals surface area (Å²) in [6, 6.07) is 8.64. The molecule has 15 heavy (non-hydrogen) atoms. The van der Waals surface area contributed by atoms with Gasteiger partial charge in [-0.25, -0.2) is 0 Å². The van der Waals surface area contributed by atoms with Crippen molar-refractivity contribution >= 4 is 5.57 Å². The fourth-order valence-electron chi connectivity index (χ4n) is 1.61. The topological polar surface area (TPSA) is 0 Å². The minimum absolute atomic E-state index is 0.580. The molecule has 0 saturated heterocycles. The second-order valence-electron chi connectivity index (χ2n) is 4.24. The van der Waals surface area contributed by atoms with Crippen molar-refractivity contribution < 1.29 is 0 Å². The molecule has 0 radical (unpaired) electrons. The smallest absolute Gasteiger partial charge is 0.0185 e. The van der Waals surface area contributed by atoms with E-state index in [4.69, 9.17) is 0 Å². The molecule has 0 N–H and O–H groups in total. The third kappa shape index (κ3) is 3.75. The molecule has 0 atom stereocenters. The zero-order chi connectivity index (χ0) is 11.3. The highest BCUT2D eigenvalue weighted by molar-refractivity contribution is 5.74. The molecule has 0 saturated carbocycles. The lowest BCUT2D eigenvalue weighted by molar-refractivity contribution is 0.834. The molecule has 0 amide bonds. The maximum Gasteiger partial charge on any atom is -0.0185 e. The Bertz CT molecular complexity index is 367. The van der Waals surface area contributed by atoms with E-state index in [1.54, 1.807) is 0 Å². The summed E-state index contributed by atoms with van der Waals surface area (Å²) in [7, 11) is 0. The van der Waals surface area contributed by atoms with Gasteiger partial charge in [-0.05, 0) is 30.9 Å². The fourth-order valence-corrected chi connectivity index (χ4v) is 1.61. The Balaban J connectivity index is 3.10. The van der Waals surface area contributed by atoms with Gasteiger partial charge in [-0.3, -0.25) is 0 Å². The Morgan fingerprint density at radius 2 is 2.00 bits per heavy atom. The van der Waals surface area contributed by atoms with Crippen LogP contribution < -0.4 is 0 Å². The lowest BCUT2D eigenvalue weighted by atomic mass is 10.00. The quantitative estimate of drug-likeness (QED) is 0.625. The Morgan fingerprint density at radius 3 is 2.53 bits per heavy atom. The molecule has 0 unspecified atom stereocenters. The van der Waals surface area contributed by atoms with E-state index in [0.717, 1.165) is 0 Å². The van der Waals surface area contributed by atoms with Gasteiger partial charge in [0.2, 0.25) is 0 Å². The average Bonchev–Trinajstić information content (AvgIpc) is 2.16. The van der Waals surface area contributed by atoms with Crippen LogP contribution in [0.3, 0.4) is 0 Å². The van der Waals surface area contributed by atoms with E-state index < -0.39 is 0 Å². The first-order valence-electron chi connectivity index (χ1n) is 5.55. The first-order valence-corrected chi connectivity index (χ1v) is 5.55. The monoisotopic (exact) mass is 200 g/mol.